The van der Waals surface area contributed by atoms with Crippen molar-refractivity contribution >= 4 is 5.95 Å². The topological polar surface area (TPSA) is 84.7 Å². The molecule has 2 rings (SSSR count). The van der Waals surface area contributed by atoms with Crippen LogP contribution in [0.15, 0.2) is 4.79 Å². The third kappa shape index (κ3) is 1.86. The molecule has 1 atom stereocenters. The molecule has 1 aromatic rings. The fourth-order valence-electron chi connectivity index (χ4n) is 2.42. The first-order valence-electron chi connectivity index (χ1n) is 5.23. The van der Waals surface area contributed by atoms with Gasteiger partial charge in [-0.3, -0.25) is 4.98 Å². The van der Waals surface area contributed by atoms with Gasteiger partial charge in [-0.05, 0) is 18.3 Å². The number of H-pyrrole nitrogens is 1. The second kappa shape index (κ2) is 3.32. The number of aromatic nitrogens is 3. The van der Waals surface area contributed by atoms with Crippen molar-refractivity contribution in [2.45, 2.75) is 39.0 Å². The van der Waals surface area contributed by atoms with E-state index in [4.69, 9.17) is 5.73 Å². The fourth-order valence-corrected chi connectivity index (χ4v) is 2.42. The van der Waals surface area contributed by atoms with Crippen LogP contribution < -0.4 is 11.4 Å². The predicted molar refractivity (Wildman–Crippen MR) is 57.4 cm³/mol. The van der Waals surface area contributed by atoms with Gasteiger partial charge in [0.05, 0.1) is 0 Å². The Morgan fingerprint density at radius 3 is 2.73 bits per heavy atom. The number of hydrogen-bond donors (Lipinski definition) is 2. The van der Waals surface area contributed by atoms with Gasteiger partial charge >= 0.3 is 5.69 Å². The summed E-state index contributed by atoms with van der Waals surface area (Å²) in [7, 11) is 0. The molecule has 1 aliphatic rings. The maximum atomic E-state index is 11.2. The number of rotatable bonds is 1. The molecule has 1 aromatic heterocycles. The highest BCUT2D eigenvalue weighted by Crippen LogP contribution is 2.47. The van der Waals surface area contributed by atoms with E-state index in [-0.39, 0.29) is 17.3 Å². The summed E-state index contributed by atoms with van der Waals surface area (Å²) in [6.45, 7) is 4.39. The van der Waals surface area contributed by atoms with Crippen LogP contribution in [0.25, 0.3) is 0 Å². The van der Waals surface area contributed by atoms with E-state index in [1.165, 1.54) is 6.42 Å². The lowest BCUT2D eigenvalue weighted by atomic mass is 9.81. The maximum Gasteiger partial charge on any atom is 0.349 e. The van der Waals surface area contributed by atoms with E-state index in [1.807, 2.05) is 0 Å². The third-order valence-electron chi connectivity index (χ3n) is 3.27. The molecule has 0 saturated heterocycles. The lowest BCUT2D eigenvalue weighted by Gasteiger charge is -2.25. The third-order valence-corrected chi connectivity index (χ3v) is 3.27. The Morgan fingerprint density at radius 2 is 2.20 bits per heavy atom. The first-order chi connectivity index (χ1) is 6.99. The number of nitrogens with zero attached hydrogens (tertiary/aromatic N) is 2. The van der Waals surface area contributed by atoms with Crippen LogP contribution in [0.5, 0.6) is 0 Å². The summed E-state index contributed by atoms with van der Waals surface area (Å²) >= 11 is 0. The summed E-state index contributed by atoms with van der Waals surface area (Å²) < 4.78 is 0. The number of hydrogen-bond acceptors (Lipinski definition) is 4. The van der Waals surface area contributed by atoms with E-state index in [1.54, 1.807) is 0 Å². The van der Waals surface area contributed by atoms with Gasteiger partial charge in [0.2, 0.25) is 5.95 Å². The number of aromatic amines is 1. The van der Waals surface area contributed by atoms with Crippen molar-refractivity contribution in [3.8, 4) is 0 Å². The van der Waals surface area contributed by atoms with Gasteiger partial charge in [-0.15, -0.1) is 0 Å². The molecule has 5 heteroatoms. The second-order valence-electron chi connectivity index (χ2n) is 4.83. The van der Waals surface area contributed by atoms with Crippen molar-refractivity contribution in [3.63, 3.8) is 0 Å². The van der Waals surface area contributed by atoms with Crippen LogP contribution in [0.3, 0.4) is 0 Å². The van der Waals surface area contributed by atoms with Crippen LogP contribution in [0.2, 0.25) is 0 Å². The molecule has 1 heterocycles. The normalized spacial score (nSPS) is 24.3. The van der Waals surface area contributed by atoms with Gasteiger partial charge in [-0.2, -0.15) is 9.97 Å². The smallest absolute Gasteiger partial charge is 0.349 e. The summed E-state index contributed by atoms with van der Waals surface area (Å²) in [6, 6.07) is 0. The molecule has 5 nitrogen and oxygen atoms in total. The average Bonchev–Trinajstić information content (AvgIpc) is 2.43. The maximum absolute atomic E-state index is 11.2. The zero-order valence-electron chi connectivity index (χ0n) is 9.08. The molecule has 82 valence electrons. The monoisotopic (exact) mass is 208 g/mol. The van der Waals surface area contributed by atoms with Gasteiger partial charge in [0.25, 0.3) is 0 Å². The highest BCUT2D eigenvalue weighted by atomic mass is 16.1. The van der Waals surface area contributed by atoms with E-state index in [0.29, 0.717) is 5.82 Å². The van der Waals surface area contributed by atoms with Crippen LogP contribution in [-0.2, 0) is 0 Å². The van der Waals surface area contributed by atoms with Crippen molar-refractivity contribution in [2.24, 2.45) is 5.41 Å². The highest BCUT2D eigenvalue weighted by molar-refractivity contribution is 5.16. The Hall–Kier alpha value is -1.39. The van der Waals surface area contributed by atoms with E-state index in [2.05, 4.69) is 28.8 Å². The molecule has 0 bridgehead atoms. The largest absolute Gasteiger partial charge is 0.368 e. The summed E-state index contributed by atoms with van der Waals surface area (Å²) in [5.41, 5.74) is 5.26. The molecule has 0 aliphatic heterocycles. The summed E-state index contributed by atoms with van der Waals surface area (Å²) in [6.07, 6.45) is 3.38. The van der Waals surface area contributed by atoms with Crippen molar-refractivity contribution < 1.29 is 0 Å². The minimum atomic E-state index is -0.403. The first-order valence-corrected chi connectivity index (χ1v) is 5.23. The van der Waals surface area contributed by atoms with Gasteiger partial charge in [-0.25, -0.2) is 4.79 Å². The average molecular weight is 208 g/mol. The van der Waals surface area contributed by atoms with Crippen molar-refractivity contribution in [3.05, 3.63) is 16.3 Å². The van der Waals surface area contributed by atoms with Gasteiger partial charge in [0.1, 0.15) is 5.82 Å². The number of anilines is 1. The zero-order valence-corrected chi connectivity index (χ0v) is 9.08. The first kappa shape index (κ1) is 10.1. The Bertz CT molecular complexity index is 424. The van der Waals surface area contributed by atoms with Crippen LogP contribution in [0, 0.1) is 5.41 Å². The minimum absolute atomic E-state index is 0.0662. The molecule has 1 aliphatic carbocycles. The number of nitrogens with one attached hydrogen (secondary N) is 1. The molecule has 1 fully saturated rings. The van der Waals surface area contributed by atoms with Crippen LogP contribution >= 0.6 is 0 Å². The standard InChI is InChI=1S/C10H16N4O/c1-10(2)5-3-4-6(10)7-12-8(11)14-9(15)13-7/h6H,3-5H2,1-2H3,(H3,11,12,13,14,15). The van der Waals surface area contributed by atoms with Crippen LogP contribution in [-0.4, -0.2) is 15.0 Å². The SMILES string of the molecule is CC1(C)CCCC1c1nc(N)nc(=O)[nH]1. The molecule has 15 heavy (non-hydrogen) atoms. The van der Waals surface area contributed by atoms with Crippen LogP contribution in [0.1, 0.15) is 44.9 Å². The van der Waals surface area contributed by atoms with Gasteiger partial charge < -0.3 is 5.73 Å². The molecule has 3 N–H and O–H groups in total. The molecular formula is C10H16N4O. The van der Waals surface area contributed by atoms with Crippen molar-refractivity contribution in [1.29, 1.82) is 0 Å². The number of nitrogens with two attached hydrogens (primary N) is 1. The molecular weight excluding hydrogens is 192 g/mol. The molecule has 0 spiro atoms. The van der Waals surface area contributed by atoms with E-state index in [9.17, 15) is 4.79 Å². The molecule has 0 aromatic carbocycles. The van der Waals surface area contributed by atoms with Gasteiger partial charge in [0.15, 0.2) is 0 Å². The van der Waals surface area contributed by atoms with Crippen molar-refractivity contribution in [2.75, 3.05) is 5.73 Å². The molecule has 0 amide bonds. The highest BCUT2D eigenvalue weighted by Gasteiger charge is 2.37. The fraction of sp³-hybridized carbons (Fsp3) is 0.700. The van der Waals surface area contributed by atoms with Gasteiger partial charge in [0, 0.05) is 5.92 Å². The van der Waals surface area contributed by atoms with E-state index in [0.717, 1.165) is 12.8 Å². The Morgan fingerprint density at radius 1 is 1.47 bits per heavy atom. The van der Waals surface area contributed by atoms with Gasteiger partial charge in [-0.1, -0.05) is 20.3 Å². The zero-order chi connectivity index (χ0) is 11.1. The molecule has 0 radical (unpaired) electrons. The number of nitrogen functional groups attached to an aromatic ring is 1. The van der Waals surface area contributed by atoms with Crippen molar-refractivity contribution in [1.82, 2.24) is 15.0 Å². The summed E-state index contributed by atoms with van der Waals surface area (Å²) in [5.74, 6) is 1.04. The molecule has 1 saturated carbocycles. The Labute approximate surface area is 88.1 Å². The predicted octanol–water partition coefficient (Wildman–Crippen LogP) is 1.04. The van der Waals surface area contributed by atoms with E-state index >= 15 is 0 Å². The minimum Gasteiger partial charge on any atom is -0.368 e. The summed E-state index contributed by atoms with van der Waals surface area (Å²) in [5, 5.41) is 0. The lowest BCUT2D eigenvalue weighted by molar-refractivity contribution is 0.321. The lowest BCUT2D eigenvalue weighted by Crippen LogP contribution is -2.24. The van der Waals surface area contributed by atoms with Crippen LogP contribution in [0.4, 0.5) is 5.95 Å². The molecule has 1 unspecified atom stereocenters. The van der Waals surface area contributed by atoms with E-state index < -0.39 is 5.69 Å². The Balaban J connectivity index is 2.41. The Kier molecular flexibility index (Phi) is 2.25. The quantitative estimate of drug-likeness (QED) is 0.722. The summed E-state index contributed by atoms with van der Waals surface area (Å²) in [4.78, 5) is 21.5. The second-order valence-corrected chi connectivity index (χ2v) is 4.83.